The molecular weight excluding hydrogens is 230 g/mol. The molecule has 0 aromatic heterocycles. The van der Waals surface area contributed by atoms with Crippen LogP contribution in [-0.4, -0.2) is 42.1 Å². The van der Waals surface area contributed by atoms with Gasteiger partial charge in [-0.15, -0.1) is 0 Å². The van der Waals surface area contributed by atoms with E-state index >= 15 is 0 Å². The molecule has 0 bridgehead atoms. The van der Waals surface area contributed by atoms with Crippen LogP contribution in [0.1, 0.15) is 33.1 Å². The Labute approximate surface area is 96.5 Å². The minimum Gasteiger partial charge on any atom is -0.480 e. The highest BCUT2D eigenvalue weighted by Gasteiger charge is 2.35. The fraction of sp³-hybridized carbons (Fsp3) is 0.900. The summed E-state index contributed by atoms with van der Waals surface area (Å²) < 4.78 is 25.1. The normalized spacial score (nSPS) is 21.9. The molecule has 0 spiro atoms. The molecule has 6 heteroatoms. The fourth-order valence-corrected chi connectivity index (χ4v) is 3.34. The summed E-state index contributed by atoms with van der Waals surface area (Å²) in [4.78, 5) is 10.7. The Bertz CT molecular complexity index is 344. The molecule has 1 aliphatic rings. The minimum absolute atomic E-state index is 0.457. The van der Waals surface area contributed by atoms with Gasteiger partial charge in [-0.25, -0.2) is 12.7 Å². The van der Waals surface area contributed by atoms with Crippen molar-refractivity contribution >= 4 is 16.0 Å². The van der Waals surface area contributed by atoms with Gasteiger partial charge in [0.05, 0.1) is 0 Å². The second-order valence-electron chi connectivity index (χ2n) is 4.28. The molecule has 16 heavy (non-hydrogen) atoms. The van der Waals surface area contributed by atoms with E-state index in [1.165, 1.54) is 11.2 Å². The topological polar surface area (TPSA) is 74.7 Å². The molecule has 1 unspecified atom stereocenters. The van der Waals surface area contributed by atoms with E-state index in [1.54, 1.807) is 0 Å². The molecule has 1 atom stereocenters. The van der Waals surface area contributed by atoms with Gasteiger partial charge in [0.2, 0.25) is 10.0 Å². The Morgan fingerprint density at radius 1 is 1.44 bits per heavy atom. The second kappa shape index (κ2) is 5.14. The van der Waals surface area contributed by atoms with E-state index < -0.39 is 21.2 Å². The Kier molecular flexibility index (Phi) is 4.32. The van der Waals surface area contributed by atoms with Crippen LogP contribution in [0.25, 0.3) is 0 Å². The number of piperidine rings is 1. The molecular formula is C10H19NO4S. The first kappa shape index (κ1) is 13.4. The Balaban J connectivity index is 2.69. The summed E-state index contributed by atoms with van der Waals surface area (Å²) in [5.74, 6) is -0.704. The van der Waals surface area contributed by atoms with Gasteiger partial charge in [0.15, 0.2) is 5.25 Å². The molecule has 0 saturated carbocycles. The Morgan fingerprint density at radius 3 is 2.31 bits per heavy atom. The zero-order valence-corrected chi connectivity index (χ0v) is 10.5. The number of carboxylic acids is 1. The quantitative estimate of drug-likeness (QED) is 0.803. The zero-order chi connectivity index (χ0) is 12.3. The lowest BCUT2D eigenvalue weighted by Crippen LogP contribution is -2.45. The molecule has 0 aliphatic carbocycles. The van der Waals surface area contributed by atoms with Crippen LogP contribution in [-0.2, 0) is 14.8 Å². The number of carboxylic acid groups (broad SMARTS) is 1. The molecule has 0 amide bonds. The van der Waals surface area contributed by atoms with E-state index in [4.69, 9.17) is 5.11 Å². The molecule has 5 nitrogen and oxygen atoms in total. The second-order valence-corrected chi connectivity index (χ2v) is 6.53. The summed E-state index contributed by atoms with van der Waals surface area (Å²) in [6.45, 7) is 4.23. The molecule has 1 aliphatic heterocycles. The lowest BCUT2D eigenvalue weighted by molar-refractivity contribution is -0.136. The van der Waals surface area contributed by atoms with Crippen molar-refractivity contribution < 1.29 is 18.3 Å². The molecule has 1 heterocycles. The summed E-state index contributed by atoms with van der Waals surface area (Å²) in [5.41, 5.74) is 0. The summed E-state index contributed by atoms with van der Waals surface area (Å²) in [5, 5.41) is 7.40. The predicted octanol–water partition coefficient (Wildman–Crippen LogP) is 0.911. The maximum absolute atomic E-state index is 11.9. The first-order valence-electron chi connectivity index (χ1n) is 5.61. The van der Waals surface area contributed by atoms with Gasteiger partial charge in [0.25, 0.3) is 0 Å². The summed E-state index contributed by atoms with van der Waals surface area (Å²) in [6, 6.07) is 0. The molecule has 94 valence electrons. The Hall–Kier alpha value is -0.620. The SMILES string of the molecule is CCC1CCN(S(=O)(=O)C(C)C(=O)O)CC1. The van der Waals surface area contributed by atoms with Gasteiger partial charge in [0.1, 0.15) is 0 Å². The number of aliphatic carboxylic acids is 1. The number of nitrogens with zero attached hydrogens (tertiary/aromatic N) is 1. The van der Waals surface area contributed by atoms with Crippen molar-refractivity contribution in [3.63, 3.8) is 0 Å². The highest BCUT2D eigenvalue weighted by Crippen LogP contribution is 2.23. The lowest BCUT2D eigenvalue weighted by atomic mass is 9.96. The van der Waals surface area contributed by atoms with E-state index in [1.807, 2.05) is 0 Å². The average molecular weight is 249 g/mol. The molecule has 1 rings (SSSR count). The van der Waals surface area contributed by atoms with Crippen molar-refractivity contribution in [2.24, 2.45) is 5.92 Å². The van der Waals surface area contributed by atoms with Crippen molar-refractivity contribution in [2.75, 3.05) is 13.1 Å². The maximum Gasteiger partial charge on any atom is 0.323 e. The predicted molar refractivity (Wildman–Crippen MR) is 60.6 cm³/mol. The average Bonchev–Trinajstić information content (AvgIpc) is 2.28. The lowest BCUT2D eigenvalue weighted by Gasteiger charge is -2.31. The van der Waals surface area contributed by atoms with E-state index in [9.17, 15) is 13.2 Å². The first-order chi connectivity index (χ1) is 7.39. The highest BCUT2D eigenvalue weighted by atomic mass is 32.2. The molecule has 1 fully saturated rings. The standard InChI is InChI=1S/C10H19NO4S/c1-3-9-4-6-11(7-5-9)16(14,15)8(2)10(12)13/h8-9H,3-7H2,1-2H3,(H,12,13). The largest absolute Gasteiger partial charge is 0.480 e. The van der Waals surface area contributed by atoms with Crippen LogP contribution in [0.15, 0.2) is 0 Å². The summed E-state index contributed by atoms with van der Waals surface area (Å²) >= 11 is 0. The third kappa shape index (κ3) is 2.74. The van der Waals surface area contributed by atoms with Gasteiger partial charge in [0, 0.05) is 13.1 Å². The number of sulfonamides is 1. The van der Waals surface area contributed by atoms with Gasteiger partial charge in [-0.2, -0.15) is 0 Å². The van der Waals surface area contributed by atoms with Gasteiger partial charge < -0.3 is 5.11 Å². The number of rotatable bonds is 4. The van der Waals surface area contributed by atoms with Crippen LogP contribution in [0, 0.1) is 5.92 Å². The molecule has 0 aromatic rings. The third-order valence-electron chi connectivity index (χ3n) is 3.31. The van der Waals surface area contributed by atoms with Gasteiger partial charge in [-0.05, 0) is 25.7 Å². The van der Waals surface area contributed by atoms with Gasteiger partial charge >= 0.3 is 5.97 Å². The minimum atomic E-state index is -3.66. The Morgan fingerprint density at radius 2 is 1.94 bits per heavy atom. The monoisotopic (exact) mass is 249 g/mol. The van der Waals surface area contributed by atoms with E-state index in [0.717, 1.165) is 19.3 Å². The zero-order valence-electron chi connectivity index (χ0n) is 9.72. The molecule has 1 N–H and O–H groups in total. The molecule has 0 aromatic carbocycles. The van der Waals surface area contributed by atoms with E-state index in [0.29, 0.717) is 19.0 Å². The number of hydrogen-bond donors (Lipinski definition) is 1. The summed E-state index contributed by atoms with van der Waals surface area (Å²) in [7, 11) is -3.66. The van der Waals surface area contributed by atoms with Crippen molar-refractivity contribution in [1.29, 1.82) is 0 Å². The van der Waals surface area contributed by atoms with Crippen LogP contribution < -0.4 is 0 Å². The van der Waals surface area contributed by atoms with Crippen molar-refractivity contribution in [3.8, 4) is 0 Å². The highest BCUT2D eigenvalue weighted by molar-refractivity contribution is 7.90. The molecule has 1 saturated heterocycles. The van der Waals surface area contributed by atoms with E-state index in [2.05, 4.69) is 6.92 Å². The smallest absolute Gasteiger partial charge is 0.323 e. The van der Waals surface area contributed by atoms with Crippen LogP contribution in [0.4, 0.5) is 0 Å². The third-order valence-corrected chi connectivity index (χ3v) is 5.49. The van der Waals surface area contributed by atoms with Crippen LogP contribution >= 0.6 is 0 Å². The van der Waals surface area contributed by atoms with Crippen molar-refractivity contribution in [2.45, 2.75) is 38.4 Å². The first-order valence-corrected chi connectivity index (χ1v) is 7.11. The van der Waals surface area contributed by atoms with Crippen LogP contribution in [0.2, 0.25) is 0 Å². The van der Waals surface area contributed by atoms with Crippen LogP contribution in [0.5, 0.6) is 0 Å². The maximum atomic E-state index is 11.9. The van der Waals surface area contributed by atoms with E-state index in [-0.39, 0.29) is 0 Å². The van der Waals surface area contributed by atoms with Crippen molar-refractivity contribution in [3.05, 3.63) is 0 Å². The van der Waals surface area contributed by atoms with Crippen molar-refractivity contribution in [1.82, 2.24) is 4.31 Å². The van der Waals surface area contributed by atoms with Gasteiger partial charge in [-0.3, -0.25) is 4.79 Å². The van der Waals surface area contributed by atoms with Crippen LogP contribution in [0.3, 0.4) is 0 Å². The fourth-order valence-electron chi connectivity index (χ4n) is 1.92. The summed E-state index contributed by atoms with van der Waals surface area (Å²) in [6.07, 6.45) is 2.73. The number of hydrogen-bond acceptors (Lipinski definition) is 3. The van der Waals surface area contributed by atoms with Gasteiger partial charge in [-0.1, -0.05) is 13.3 Å². The number of carbonyl (C=O) groups is 1. The molecule has 0 radical (unpaired) electrons.